The largest absolute Gasteiger partial charge is 0.497 e. The molecule has 112 valence electrons. The van der Waals surface area contributed by atoms with Crippen molar-refractivity contribution in [1.29, 1.82) is 0 Å². The predicted molar refractivity (Wildman–Crippen MR) is 83.4 cm³/mol. The van der Waals surface area contributed by atoms with E-state index in [0.29, 0.717) is 13.0 Å². The lowest BCUT2D eigenvalue weighted by Crippen LogP contribution is -2.25. The van der Waals surface area contributed by atoms with Gasteiger partial charge in [-0.1, -0.05) is 12.1 Å². The summed E-state index contributed by atoms with van der Waals surface area (Å²) in [6.45, 7) is 0.686. The second-order valence-electron chi connectivity index (χ2n) is 5.13. The van der Waals surface area contributed by atoms with Crippen molar-refractivity contribution in [1.82, 2.24) is 9.88 Å². The highest BCUT2D eigenvalue weighted by atomic mass is 16.5. The molecule has 0 aliphatic carbocycles. The van der Waals surface area contributed by atoms with Crippen LogP contribution in [-0.4, -0.2) is 24.1 Å². The van der Waals surface area contributed by atoms with E-state index >= 15 is 0 Å². The summed E-state index contributed by atoms with van der Waals surface area (Å²) in [5.41, 5.74) is 2.39. The van der Waals surface area contributed by atoms with Crippen LogP contribution in [0.2, 0.25) is 0 Å². The number of nitrogens with zero attached hydrogens (tertiary/aromatic N) is 1. The minimum atomic E-state index is 0.0988. The Hall–Kier alpha value is -2.23. The number of aryl methyl sites for hydroxylation is 2. The molecule has 0 unspecified atom stereocenters. The second kappa shape index (κ2) is 7.53. The predicted octanol–water partition coefficient (Wildman–Crippen LogP) is 2.33. The molecule has 0 fully saturated rings. The van der Waals surface area contributed by atoms with Gasteiger partial charge in [-0.05, 0) is 42.2 Å². The number of nitrogens with one attached hydrogen (secondary N) is 1. The van der Waals surface area contributed by atoms with Gasteiger partial charge in [0, 0.05) is 32.4 Å². The van der Waals surface area contributed by atoms with Crippen molar-refractivity contribution in [2.24, 2.45) is 7.05 Å². The van der Waals surface area contributed by atoms with Crippen molar-refractivity contribution >= 4 is 5.91 Å². The summed E-state index contributed by atoms with van der Waals surface area (Å²) in [5, 5.41) is 2.96. The van der Waals surface area contributed by atoms with Crippen molar-refractivity contribution < 1.29 is 9.53 Å². The standard InChI is InChI=1S/C17H22N2O2/c1-19-12-10-15(13-19)9-11-18-17(20)8-5-14-3-6-16(21-2)7-4-14/h3-4,6-7,10,12-13H,5,8-9,11H2,1-2H3,(H,18,20). The minimum Gasteiger partial charge on any atom is -0.497 e. The SMILES string of the molecule is COc1ccc(CCC(=O)NCCc2ccn(C)c2)cc1. The lowest BCUT2D eigenvalue weighted by Gasteiger charge is -2.05. The zero-order valence-corrected chi connectivity index (χ0v) is 12.6. The maximum absolute atomic E-state index is 11.8. The normalized spacial score (nSPS) is 10.4. The molecular weight excluding hydrogens is 264 g/mol. The molecule has 4 heteroatoms. The van der Waals surface area contributed by atoms with E-state index in [9.17, 15) is 4.79 Å². The van der Waals surface area contributed by atoms with Gasteiger partial charge in [-0.25, -0.2) is 0 Å². The molecule has 0 atom stereocenters. The summed E-state index contributed by atoms with van der Waals surface area (Å²) < 4.78 is 7.13. The Kier molecular flexibility index (Phi) is 5.43. The number of benzene rings is 1. The van der Waals surface area contributed by atoms with Crippen molar-refractivity contribution in [2.75, 3.05) is 13.7 Å². The maximum Gasteiger partial charge on any atom is 0.220 e. The summed E-state index contributed by atoms with van der Waals surface area (Å²) in [6, 6.07) is 9.90. The highest BCUT2D eigenvalue weighted by Crippen LogP contribution is 2.12. The first-order chi connectivity index (χ1) is 10.2. The lowest BCUT2D eigenvalue weighted by atomic mass is 10.1. The summed E-state index contributed by atoms with van der Waals surface area (Å²) >= 11 is 0. The van der Waals surface area contributed by atoms with Gasteiger partial charge in [-0.15, -0.1) is 0 Å². The molecule has 0 radical (unpaired) electrons. The molecular formula is C17H22N2O2. The number of hydrogen-bond acceptors (Lipinski definition) is 2. The van der Waals surface area contributed by atoms with Gasteiger partial charge in [0.25, 0.3) is 0 Å². The van der Waals surface area contributed by atoms with Crippen LogP contribution in [-0.2, 0) is 24.7 Å². The Bertz CT molecular complexity index is 573. The van der Waals surface area contributed by atoms with E-state index in [4.69, 9.17) is 4.74 Å². The fraction of sp³-hybridized carbons (Fsp3) is 0.353. The third-order valence-corrected chi connectivity index (χ3v) is 3.43. The first kappa shape index (κ1) is 15.2. The monoisotopic (exact) mass is 286 g/mol. The molecule has 0 spiro atoms. The molecule has 2 rings (SSSR count). The minimum absolute atomic E-state index is 0.0988. The number of aromatic nitrogens is 1. The van der Waals surface area contributed by atoms with Crippen LogP contribution in [0.1, 0.15) is 17.5 Å². The number of rotatable bonds is 7. The van der Waals surface area contributed by atoms with Crippen LogP contribution in [0, 0.1) is 0 Å². The van der Waals surface area contributed by atoms with E-state index in [-0.39, 0.29) is 5.91 Å². The third-order valence-electron chi connectivity index (χ3n) is 3.43. The average Bonchev–Trinajstić information content (AvgIpc) is 2.91. The van der Waals surface area contributed by atoms with Gasteiger partial charge < -0.3 is 14.6 Å². The van der Waals surface area contributed by atoms with E-state index < -0.39 is 0 Å². The van der Waals surface area contributed by atoms with E-state index in [2.05, 4.69) is 17.6 Å². The van der Waals surface area contributed by atoms with Gasteiger partial charge in [-0.3, -0.25) is 4.79 Å². The number of amides is 1. The van der Waals surface area contributed by atoms with Gasteiger partial charge in [-0.2, -0.15) is 0 Å². The molecule has 1 heterocycles. The molecule has 0 saturated carbocycles. The van der Waals surface area contributed by atoms with Gasteiger partial charge >= 0.3 is 0 Å². The maximum atomic E-state index is 11.8. The fourth-order valence-corrected chi connectivity index (χ4v) is 2.19. The first-order valence-corrected chi connectivity index (χ1v) is 7.18. The topological polar surface area (TPSA) is 43.3 Å². The van der Waals surface area contributed by atoms with Crippen molar-refractivity contribution in [3.63, 3.8) is 0 Å². The van der Waals surface area contributed by atoms with Gasteiger partial charge in [0.05, 0.1) is 7.11 Å². The molecule has 0 saturated heterocycles. The highest BCUT2D eigenvalue weighted by Gasteiger charge is 2.03. The Morgan fingerprint density at radius 3 is 2.52 bits per heavy atom. The van der Waals surface area contributed by atoms with E-state index in [1.165, 1.54) is 5.56 Å². The summed E-state index contributed by atoms with van der Waals surface area (Å²) in [7, 11) is 3.64. The first-order valence-electron chi connectivity index (χ1n) is 7.18. The molecule has 2 aromatic rings. The van der Waals surface area contributed by atoms with Crippen LogP contribution < -0.4 is 10.1 Å². The van der Waals surface area contributed by atoms with Gasteiger partial charge in [0.2, 0.25) is 5.91 Å². The summed E-state index contributed by atoms with van der Waals surface area (Å²) in [6.07, 6.45) is 6.22. The van der Waals surface area contributed by atoms with E-state index in [1.807, 2.05) is 42.1 Å². The van der Waals surface area contributed by atoms with E-state index in [1.54, 1.807) is 7.11 Å². The third kappa shape index (κ3) is 4.99. The number of carbonyl (C=O) groups excluding carboxylic acids is 1. The second-order valence-corrected chi connectivity index (χ2v) is 5.13. The number of methoxy groups -OCH3 is 1. The smallest absolute Gasteiger partial charge is 0.220 e. The lowest BCUT2D eigenvalue weighted by molar-refractivity contribution is -0.121. The molecule has 1 amide bonds. The molecule has 4 nitrogen and oxygen atoms in total. The number of ether oxygens (including phenoxy) is 1. The molecule has 1 aromatic carbocycles. The Morgan fingerprint density at radius 2 is 1.90 bits per heavy atom. The van der Waals surface area contributed by atoms with Crippen LogP contribution in [0.5, 0.6) is 5.75 Å². The zero-order valence-electron chi connectivity index (χ0n) is 12.6. The number of carbonyl (C=O) groups is 1. The number of hydrogen-bond donors (Lipinski definition) is 1. The summed E-state index contributed by atoms with van der Waals surface area (Å²) in [4.78, 5) is 11.8. The van der Waals surface area contributed by atoms with Crippen LogP contribution in [0.15, 0.2) is 42.7 Å². The Balaban J connectivity index is 1.67. The zero-order chi connectivity index (χ0) is 15.1. The average molecular weight is 286 g/mol. The Morgan fingerprint density at radius 1 is 1.14 bits per heavy atom. The quantitative estimate of drug-likeness (QED) is 0.849. The van der Waals surface area contributed by atoms with Crippen LogP contribution in [0.3, 0.4) is 0 Å². The molecule has 0 bridgehead atoms. The molecule has 21 heavy (non-hydrogen) atoms. The van der Waals surface area contributed by atoms with Gasteiger partial charge in [0.15, 0.2) is 0 Å². The molecule has 0 aliphatic rings. The molecule has 0 aliphatic heterocycles. The fourth-order valence-electron chi connectivity index (χ4n) is 2.19. The van der Waals surface area contributed by atoms with Crippen molar-refractivity contribution in [3.8, 4) is 5.75 Å². The molecule has 1 aromatic heterocycles. The van der Waals surface area contributed by atoms with Crippen LogP contribution in [0.25, 0.3) is 0 Å². The van der Waals surface area contributed by atoms with Crippen LogP contribution in [0.4, 0.5) is 0 Å². The van der Waals surface area contributed by atoms with Crippen LogP contribution >= 0.6 is 0 Å². The van der Waals surface area contributed by atoms with Crippen molar-refractivity contribution in [3.05, 3.63) is 53.9 Å². The highest BCUT2D eigenvalue weighted by molar-refractivity contribution is 5.76. The molecule has 1 N–H and O–H groups in total. The van der Waals surface area contributed by atoms with E-state index in [0.717, 1.165) is 24.2 Å². The van der Waals surface area contributed by atoms with Crippen molar-refractivity contribution in [2.45, 2.75) is 19.3 Å². The van der Waals surface area contributed by atoms with Gasteiger partial charge in [0.1, 0.15) is 5.75 Å². The summed E-state index contributed by atoms with van der Waals surface area (Å²) in [5.74, 6) is 0.938. The Labute approximate surface area is 125 Å².